The van der Waals surface area contributed by atoms with E-state index in [1.165, 1.54) is 0 Å². The molecule has 1 heterocycles. The molecule has 1 saturated heterocycles. The molecule has 1 aromatic carbocycles. The summed E-state index contributed by atoms with van der Waals surface area (Å²) in [5, 5.41) is 8.74. The molecule has 6 heteroatoms. The van der Waals surface area contributed by atoms with E-state index < -0.39 is 5.97 Å². The number of ether oxygens (including phenoxy) is 1. The lowest BCUT2D eigenvalue weighted by Crippen LogP contribution is -2.48. The Morgan fingerprint density at radius 1 is 1.25 bits per heavy atom. The van der Waals surface area contributed by atoms with Crippen molar-refractivity contribution in [3.63, 3.8) is 0 Å². The van der Waals surface area contributed by atoms with Gasteiger partial charge in [-0.3, -0.25) is 14.6 Å². The summed E-state index contributed by atoms with van der Waals surface area (Å²) < 4.78 is 6.71. The Morgan fingerprint density at radius 2 is 1.95 bits per heavy atom. The molecule has 1 aromatic rings. The van der Waals surface area contributed by atoms with Gasteiger partial charge in [-0.1, -0.05) is 22.0 Å². The number of carboxylic acid groups (broad SMARTS) is 1. The van der Waals surface area contributed by atoms with Gasteiger partial charge in [0.25, 0.3) is 0 Å². The lowest BCUT2D eigenvalue weighted by Gasteiger charge is -2.33. The highest BCUT2D eigenvalue weighted by molar-refractivity contribution is 9.10. The SMILES string of the molecule is O=C(O)CN1CCN(CCOc2cccc(Br)c2)CC1. The van der Waals surface area contributed by atoms with E-state index in [2.05, 4.69) is 20.8 Å². The Morgan fingerprint density at radius 3 is 2.60 bits per heavy atom. The zero-order chi connectivity index (χ0) is 14.4. The first-order valence-corrected chi connectivity index (χ1v) is 7.47. The number of carboxylic acids is 1. The maximum atomic E-state index is 10.6. The predicted octanol–water partition coefficient (Wildman–Crippen LogP) is 1.53. The van der Waals surface area contributed by atoms with E-state index >= 15 is 0 Å². The van der Waals surface area contributed by atoms with Crippen LogP contribution in [0, 0.1) is 0 Å². The Bertz CT molecular complexity index is 448. The van der Waals surface area contributed by atoms with Gasteiger partial charge >= 0.3 is 5.97 Å². The largest absolute Gasteiger partial charge is 0.492 e. The third kappa shape index (κ3) is 5.11. The number of piperazine rings is 1. The fraction of sp³-hybridized carbons (Fsp3) is 0.500. The van der Waals surface area contributed by atoms with E-state index in [0.717, 1.165) is 42.9 Å². The Balaban J connectivity index is 1.65. The molecule has 1 N–H and O–H groups in total. The predicted molar refractivity (Wildman–Crippen MR) is 80.2 cm³/mol. The topological polar surface area (TPSA) is 53.0 Å². The average Bonchev–Trinajstić information content (AvgIpc) is 2.40. The number of nitrogens with zero attached hydrogens (tertiary/aromatic N) is 2. The van der Waals surface area contributed by atoms with Crippen molar-refractivity contribution >= 4 is 21.9 Å². The van der Waals surface area contributed by atoms with Crippen molar-refractivity contribution in [2.45, 2.75) is 0 Å². The van der Waals surface area contributed by atoms with Gasteiger partial charge in [-0.25, -0.2) is 0 Å². The van der Waals surface area contributed by atoms with Crippen LogP contribution in [0.4, 0.5) is 0 Å². The van der Waals surface area contributed by atoms with Gasteiger partial charge in [0.15, 0.2) is 0 Å². The summed E-state index contributed by atoms with van der Waals surface area (Å²) in [5.74, 6) is 0.111. The van der Waals surface area contributed by atoms with Crippen molar-refractivity contribution in [1.82, 2.24) is 9.80 Å². The summed E-state index contributed by atoms with van der Waals surface area (Å²) in [5.41, 5.74) is 0. The molecule has 1 aliphatic rings. The van der Waals surface area contributed by atoms with E-state index in [4.69, 9.17) is 9.84 Å². The molecule has 0 atom stereocenters. The van der Waals surface area contributed by atoms with Crippen LogP contribution in [0.25, 0.3) is 0 Å². The number of hydrogen-bond donors (Lipinski definition) is 1. The molecular formula is C14H19BrN2O3. The van der Waals surface area contributed by atoms with E-state index in [1.807, 2.05) is 29.2 Å². The number of benzene rings is 1. The van der Waals surface area contributed by atoms with Crippen LogP contribution in [0.5, 0.6) is 5.75 Å². The lowest BCUT2D eigenvalue weighted by atomic mass is 10.3. The van der Waals surface area contributed by atoms with E-state index in [0.29, 0.717) is 6.61 Å². The Hall–Kier alpha value is -1.11. The highest BCUT2D eigenvalue weighted by atomic mass is 79.9. The molecule has 110 valence electrons. The maximum absolute atomic E-state index is 10.6. The highest BCUT2D eigenvalue weighted by Crippen LogP contribution is 2.17. The van der Waals surface area contributed by atoms with Gasteiger partial charge in [0.1, 0.15) is 12.4 Å². The molecule has 0 unspecified atom stereocenters. The zero-order valence-corrected chi connectivity index (χ0v) is 12.9. The van der Waals surface area contributed by atoms with Crippen molar-refractivity contribution in [3.05, 3.63) is 28.7 Å². The summed E-state index contributed by atoms with van der Waals surface area (Å²) in [6, 6.07) is 7.80. The molecule has 0 bridgehead atoms. The number of rotatable bonds is 6. The Labute approximate surface area is 127 Å². The molecule has 1 aliphatic heterocycles. The van der Waals surface area contributed by atoms with Crippen LogP contribution in [-0.2, 0) is 4.79 Å². The molecule has 0 amide bonds. The van der Waals surface area contributed by atoms with Gasteiger partial charge < -0.3 is 9.84 Å². The average molecular weight is 343 g/mol. The second-order valence-electron chi connectivity index (χ2n) is 4.82. The molecule has 0 radical (unpaired) electrons. The fourth-order valence-electron chi connectivity index (χ4n) is 2.21. The van der Waals surface area contributed by atoms with Gasteiger partial charge in [0.05, 0.1) is 6.54 Å². The lowest BCUT2D eigenvalue weighted by molar-refractivity contribution is -0.138. The maximum Gasteiger partial charge on any atom is 0.317 e. The standard InChI is InChI=1S/C14H19BrN2O3/c15-12-2-1-3-13(10-12)20-9-8-16-4-6-17(7-5-16)11-14(18)19/h1-3,10H,4-9,11H2,(H,18,19). The summed E-state index contributed by atoms with van der Waals surface area (Å²) in [7, 11) is 0. The van der Waals surface area contributed by atoms with Crippen LogP contribution in [-0.4, -0.2) is 66.8 Å². The molecule has 5 nitrogen and oxygen atoms in total. The summed E-state index contributed by atoms with van der Waals surface area (Å²) >= 11 is 3.41. The fourth-order valence-corrected chi connectivity index (χ4v) is 2.59. The minimum atomic E-state index is -0.753. The quantitative estimate of drug-likeness (QED) is 0.849. The van der Waals surface area contributed by atoms with Gasteiger partial charge in [0.2, 0.25) is 0 Å². The van der Waals surface area contributed by atoms with Crippen molar-refractivity contribution < 1.29 is 14.6 Å². The summed E-state index contributed by atoms with van der Waals surface area (Å²) in [6.45, 7) is 5.07. The number of carbonyl (C=O) groups is 1. The summed E-state index contributed by atoms with van der Waals surface area (Å²) in [4.78, 5) is 14.9. The molecule has 20 heavy (non-hydrogen) atoms. The molecule has 1 fully saturated rings. The van der Waals surface area contributed by atoms with Gasteiger partial charge in [-0.2, -0.15) is 0 Å². The monoisotopic (exact) mass is 342 g/mol. The molecule has 0 aromatic heterocycles. The second-order valence-corrected chi connectivity index (χ2v) is 5.73. The second kappa shape index (κ2) is 7.61. The van der Waals surface area contributed by atoms with Gasteiger partial charge in [0, 0.05) is 37.2 Å². The molecule has 0 saturated carbocycles. The molecule has 2 rings (SSSR count). The van der Waals surface area contributed by atoms with Crippen LogP contribution < -0.4 is 4.74 Å². The minimum absolute atomic E-state index is 0.141. The smallest absolute Gasteiger partial charge is 0.317 e. The Kier molecular flexibility index (Phi) is 5.82. The van der Waals surface area contributed by atoms with Crippen LogP contribution in [0.1, 0.15) is 0 Å². The van der Waals surface area contributed by atoms with Crippen LogP contribution >= 0.6 is 15.9 Å². The summed E-state index contributed by atoms with van der Waals surface area (Å²) in [6.07, 6.45) is 0. The highest BCUT2D eigenvalue weighted by Gasteiger charge is 2.18. The van der Waals surface area contributed by atoms with Crippen molar-refractivity contribution in [1.29, 1.82) is 0 Å². The van der Waals surface area contributed by atoms with Crippen LogP contribution in [0.15, 0.2) is 28.7 Å². The van der Waals surface area contributed by atoms with Crippen molar-refractivity contribution in [2.24, 2.45) is 0 Å². The minimum Gasteiger partial charge on any atom is -0.492 e. The third-order valence-electron chi connectivity index (χ3n) is 3.30. The van der Waals surface area contributed by atoms with E-state index in [1.54, 1.807) is 0 Å². The molecule has 0 spiro atoms. The first-order chi connectivity index (χ1) is 9.63. The van der Waals surface area contributed by atoms with Crippen molar-refractivity contribution in [2.75, 3.05) is 45.9 Å². The number of aliphatic carboxylic acids is 1. The van der Waals surface area contributed by atoms with E-state index in [9.17, 15) is 4.79 Å². The van der Waals surface area contributed by atoms with Crippen LogP contribution in [0.2, 0.25) is 0 Å². The first kappa shape index (κ1) is 15.3. The van der Waals surface area contributed by atoms with Crippen LogP contribution in [0.3, 0.4) is 0 Å². The van der Waals surface area contributed by atoms with Gasteiger partial charge in [-0.15, -0.1) is 0 Å². The zero-order valence-electron chi connectivity index (χ0n) is 11.3. The molecule has 0 aliphatic carbocycles. The normalized spacial score (nSPS) is 17.1. The van der Waals surface area contributed by atoms with Gasteiger partial charge in [-0.05, 0) is 18.2 Å². The third-order valence-corrected chi connectivity index (χ3v) is 3.79. The first-order valence-electron chi connectivity index (χ1n) is 6.68. The van der Waals surface area contributed by atoms with Crippen molar-refractivity contribution in [3.8, 4) is 5.75 Å². The number of halogens is 1. The molecular weight excluding hydrogens is 324 g/mol. The van der Waals surface area contributed by atoms with E-state index in [-0.39, 0.29) is 6.54 Å². The number of hydrogen-bond acceptors (Lipinski definition) is 4.